The number of nitrogens with zero attached hydrogens (tertiary/aromatic N) is 1. The van der Waals surface area contributed by atoms with Gasteiger partial charge in [0.25, 0.3) is 0 Å². The number of hydrogen-bond donors (Lipinski definition) is 2. The SMILES string of the molecule is CCOCCCC(NN)c1cncc(OC)c1. The molecule has 3 N–H and O–H groups in total. The van der Waals surface area contributed by atoms with Crippen molar-refractivity contribution in [3.63, 3.8) is 0 Å². The smallest absolute Gasteiger partial charge is 0.137 e. The van der Waals surface area contributed by atoms with Gasteiger partial charge in [-0.05, 0) is 31.4 Å². The van der Waals surface area contributed by atoms with Gasteiger partial charge < -0.3 is 9.47 Å². The number of hydrazine groups is 1. The third-order valence-corrected chi connectivity index (χ3v) is 2.56. The summed E-state index contributed by atoms with van der Waals surface area (Å²) in [5.41, 5.74) is 3.83. The van der Waals surface area contributed by atoms with Crippen LogP contribution in [-0.2, 0) is 4.74 Å². The molecular weight excluding hydrogens is 218 g/mol. The first-order valence-corrected chi connectivity index (χ1v) is 5.84. The molecule has 0 saturated heterocycles. The average Bonchev–Trinajstić information content (AvgIpc) is 2.39. The Hall–Kier alpha value is -1.17. The summed E-state index contributed by atoms with van der Waals surface area (Å²) in [7, 11) is 1.63. The van der Waals surface area contributed by atoms with Gasteiger partial charge in [-0.2, -0.15) is 0 Å². The predicted octanol–water partition coefficient (Wildman–Crippen LogP) is 1.41. The molecule has 0 fully saturated rings. The van der Waals surface area contributed by atoms with Crippen molar-refractivity contribution in [2.24, 2.45) is 5.84 Å². The fourth-order valence-corrected chi connectivity index (χ4v) is 1.62. The second-order valence-corrected chi connectivity index (χ2v) is 3.72. The summed E-state index contributed by atoms with van der Waals surface area (Å²) < 4.78 is 10.4. The molecule has 96 valence electrons. The third kappa shape index (κ3) is 4.68. The summed E-state index contributed by atoms with van der Waals surface area (Å²) in [5, 5.41) is 0. The molecule has 0 saturated carbocycles. The second kappa shape index (κ2) is 8.00. The van der Waals surface area contributed by atoms with Gasteiger partial charge in [0.2, 0.25) is 0 Å². The van der Waals surface area contributed by atoms with Crippen molar-refractivity contribution in [2.75, 3.05) is 20.3 Å². The highest BCUT2D eigenvalue weighted by atomic mass is 16.5. The maximum absolute atomic E-state index is 5.55. The Bertz CT molecular complexity index is 320. The number of ether oxygens (including phenoxy) is 2. The first-order chi connectivity index (χ1) is 8.31. The van der Waals surface area contributed by atoms with E-state index >= 15 is 0 Å². The molecule has 0 aliphatic carbocycles. The Morgan fingerprint density at radius 1 is 1.47 bits per heavy atom. The molecule has 1 rings (SSSR count). The highest BCUT2D eigenvalue weighted by Crippen LogP contribution is 2.20. The maximum atomic E-state index is 5.55. The molecule has 0 aromatic carbocycles. The number of rotatable bonds is 8. The van der Waals surface area contributed by atoms with Gasteiger partial charge in [-0.15, -0.1) is 0 Å². The van der Waals surface area contributed by atoms with Gasteiger partial charge in [0, 0.05) is 25.5 Å². The topological polar surface area (TPSA) is 69.4 Å². The van der Waals surface area contributed by atoms with Crippen molar-refractivity contribution in [1.82, 2.24) is 10.4 Å². The highest BCUT2D eigenvalue weighted by molar-refractivity contribution is 5.25. The highest BCUT2D eigenvalue weighted by Gasteiger charge is 2.10. The Labute approximate surface area is 102 Å². The van der Waals surface area contributed by atoms with Crippen LogP contribution in [0.15, 0.2) is 18.5 Å². The number of pyridine rings is 1. The fourth-order valence-electron chi connectivity index (χ4n) is 1.62. The van der Waals surface area contributed by atoms with E-state index in [4.69, 9.17) is 15.3 Å². The van der Waals surface area contributed by atoms with Gasteiger partial charge in [-0.3, -0.25) is 16.3 Å². The molecule has 1 atom stereocenters. The molecule has 1 aromatic heterocycles. The second-order valence-electron chi connectivity index (χ2n) is 3.72. The molecule has 0 aliphatic heterocycles. The molecular formula is C12H21N3O2. The van der Waals surface area contributed by atoms with E-state index in [1.807, 2.05) is 13.0 Å². The number of nitrogens with one attached hydrogen (secondary N) is 1. The van der Waals surface area contributed by atoms with E-state index in [0.29, 0.717) is 0 Å². The lowest BCUT2D eigenvalue weighted by atomic mass is 10.0. The minimum absolute atomic E-state index is 0.0815. The van der Waals surface area contributed by atoms with Crippen LogP contribution in [0, 0.1) is 0 Å². The van der Waals surface area contributed by atoms with Crippen molar-refractivity contribution < 1.29 is 9.47 Å². The Morgan fingerprint density at radius 3 is 2.94 bits per heavy atom. The average molecular weight is 239 g/mol. The van der Waals surface area contributed by atoms with E-state index in [2.05, 4.69) is 10.4 Å². The minimum Gasteiger partial charge on any atom is -0.495 e. The Balaban J connectivity index is 2.53. The van der Waals surface area contributed by atoms with Crippen LogP contribution in [0.4, 0.5) is 0 Å². The van der Waals surface area contributed by atoms with Crippen LogP contribution >= 0.6 is 0 Å². The number of aromatic nitrogens is 1. The van der Waals surface area contributed by atoms with Gasteiger partial charge in [0.05, 0.1) is 13.3 Å². The largest absolute Gasteiger partial charge is 0.495 e. The van der Waals surface area contributed by atoms with Crippen molar-refractivity contribution in [1.29, 1.82) is 0 Å². The molecule has 5 nitrogen and oxygen atoms in total. The number of nitrogens with two attached hydrogens (primary N) is 1. The fraction of sp³-hybridized carbons (Fsp3) is 0.583. The lowest BCUT2D eigenvalue weighted by molar-refractivity contribution is 0.141. The zero-order valence-corrected chi connectivity index (χ0v) is 10.5. The molecule has 0 radical (unpaired) electrons. The summed E-state index contributed by atoms with van der Waals surface area (Å²) in [4.78, 5) is 4.12. The van der Waals surface area contributed by atoms with E-state index in [0.717, 1.165) is 37.4 Å². The molecule has 1 heterocycles. The van der Waals surface area contributed by atoms with Crippen LogP contribution < -0.4 is 16.0 Å². The monoisotopic (exact) mass is 239 g/mol. The van der Waals surface area contributed by atoms with E-state index in [9.17, 15) is 0 Å². The van der Waals surface area contributed by atoms with E-state index in [1.54, 1.807) is 19.5 Å². The van der Waals surface area contributed by atoms with E-state index < -0.39 is 0 Å². The van der Waals surface area contributed by atoms with Crippen molar-refractivity contribution >= 4 is 0 Å². The first kappa shape index (κ1) is 13.9. The summed E-state index contributed by atoms with van der Waals surface area (Å²) in [6.07, 6.45) is 5.34. The van der Waals surface area contributed by atoms with Crippen LogP contribution in [-0.4, -0.2) is 25.3 Å². The van der Waals surface area contributed by atoms with Gasteiger partial charge >= 0.3 is 0 Å². The molecule has 0 spiro atoms. The Kier molecular flexibility index (Phi) is 6.54. The number of methoxy groups -OCH3 is 1. The molecule has 1 aromatic rings. The maximum Gasteiger partial charge on any atom is 0.137 e. The normalized spacial score (nSPS) is 12.4. The number of hydrogen-bond acceptors (Lipinski definition) is 5. The van der Waals surface area contributed by atoms with Gasteiger partial charge in [-0.25, -0.2) is 0 Å². The van der Waals surface area contributed by atoms with Crippen LogP contribution in [0.3, 0.4) is 0 Å². The molecule has 1 unspecified atom stereocenters. The van der Waals surface area contributed by atoms with Crippen LogP contribution in [0.1, 0.15) is 31.4 Å². The van der Waals surface area contributed by atoms with Crippen molar-refractivity contribution in [3.05, 3.63) is 24.0 Å². The molecule has 0 amide bonds. The summed E-state index contributed by atoms with van der Waals surface area (Å²) in [6.45, 7) is 3.50. The lowest BCUT2D eigenvalue weighted by Gasteiger charge is -2.16. The molecule has 0 aliphatic rings. The summed E-state index contributed by atoms with van der Waals surface area (Å²) in [5.74, 6) is 6.29. The summed E-state index contributed by atoms with van der Waals surface area (Å²) >= 11 is 0. The zero-order chi connectivity index (χ0) is 12.5. The van der Waals surface area contributed by atoms with Crippen molar-refractivity contribution in [3.8, 4) is 5.75 Å². The Morgan fingerprint density at radius 2 is 2.29 bits per heavy atom. The van der Waals surface area contributed by atoms with Crippen LogP contribution in [0.2, 0.25) is 0 Å². The van der Waals surface area contributed by atoms with Crippen LogP contribution in [0.25, 0.3) is 0 Å². The lowest BCUT2D eigenvalue weighted by Crippen LogP contribution is -2.28. The van der Waals surface area contributed by atoms with Crippen LogP contribution in [0.5, 0.6) is 5.75 Å². The quantitative estimate of drug-likeness (QED) is 0.408. The van der Waals surface area contributed by atoms with Gasteiger partial charge in [-0.1, -0.05) is 0 Å². The zero-order valence-electron chi connectivity index (χ0n) is 10.5. The molecule has 5 heteroatoms. The third-order valence-electron chi connectivity index (χ3n) is 2.56. The van der Waals surface area contributed by atoms with E-state index in [-0.39, 0.29) is 6.04 Å². The molecule has 0 bridgehead atoms. The van der Waals surface area contributed by atoms with Gasteiger partial charge in [0.1, 0.15) is 5.75 Å². The standard InChI is InChI=1S/C12H21N3O2/c1-3-17-6-4-5-12(15-13)10-7-11(16-2)9-14-8-10/h7-9,12,15H,3-6,13H2,1-2H3. The van der Waals surface area contributed by atoms with E-state index in [1.165, 1.54) is 0 Å². The van der Waals surface area contributed by atoms with Gasteiger partial charge in [0.15, 0.2) is 0 Å². The first-order valence-electron chi connectivity index (χ1n) is 5.84. The summed E-state index contributed by atoms with van der Waals surface area (Å²) in [6, 6.07) is 2.02. The molecule has 17 heavy (non-hydrogen) atoms. The predicted molar refractivity (Wildman–Crippen MR) is 66.6 cm³/mol. The van der Waals surface area contributed by atoms with Crippen molar-refractivity contribution in [2.45, 2.75) is 25.8 Å². The minimum atomic E-state index is 0.0815.